The summed E-state index contributed by atoms with van der Waals surface area (Å²) in [5.74, 6) is -0.391. The van der Waals surface area contributed by atoms with Gasteiger partial charge in [-0.2, -0.15) is 0 Å². The van der Waals surface area contributed by atoms with Crippen LogP contribution in [0.2, 0.25) is 0 Å². The molecule has 3 aromatic rings. The highest BCUT2D eigenvalue weighted by atomic mass is 16.2. The maximum atomic E-state index is 12.8. The minimum absolute atomic E-state index is 0.325. The Hall–Kier alpha value is -3.41. The molecule has 1 N–H and O–H groups in total. The molecule has 0 aliphatic carbocycles. The van der Waals surface area contributed by atoms with Crippen LogP contribution in [0.5, 0.6) is 0 Å². The van der Waals surface area contributed by atoms with E-state index in [1.54, 1.807) is 0 Å². The summed E-state index contributed by atoms with van der Waals surface area (Å²) in [4.78, 5) is 37.7. The Bertz CT molecular complexity index is 1090. The molecule has 1 aromatic heterocycles. The molecular weight excluding hydrogens is 366 g/mol. The van der Waals surface area contributed by atoms with Crippen molar-refractivity contribution in [1.82, 2.24) is 9.13 Å². The SMILES string of the molecule is CCc1cccc(CC)c1NC(=O)Cn1c(=O)ccn(Cc2ccccc2)c1=O. The fourth-order valence-corrected chi connectivity index (χ4v) is 3.33. The number of anilines is 1. The molecule has 1 amide bonds. The first-order valence-corrected chi connectivity index (χ1v) is 9.78. The van der Waals surface area contributed by atoms with Gasteiger partial charge in [0.05, 0.1) is 6.54 Å². The van der Waals surface area contributed by atoms with E-state index in [0.717, 1.165) is 39.8 Å². The zero-order chi connectivity index (χ0) is 20.8. The Labute approximate surface area is 169 Å². The van der Waals surface area contributed by atoms with Gasteiger partial charge < -0.3 is 5.32 Å². The Morgan fingerprint density at radius 2 is 1.55 bits per heavy atom. The minimum Gasteiger partial charge on any atom is -0.324 e. The van der Waals surface area contributed by atoms with Crippen molar-refractivity contribution in [3.8, 4) is 0 Å². The number of aromatic nitrogens is 2. The van der Waals surface area contributed by atoms with Gasteiger partial charge in [0, 0.05) is 18.0 Å². The molecule has 0 spiro atoms. The number of para-hydroxylation sites is 1. The number of rotatable bonds is 7. The Kier molecular flexibility index (Phi) is 6.44. The molecule has 0 aliphatic heterocycles. The van der Waals surface area contributed by atoms with Gasteiger partial charge in [0.1, 0.15) is 6.54 Å². The van der Waals surface area contributed by atoms with Crippen molar-refractivity contribution >= 4 is 11.6 Å². The van der Waals surface area contributed by atoms with E-state index in [1.165, 1.54) is 16.8 Å². The molecule has 0 radical (unpaired) electrons. The molecule has 1 heterocycles. The summed E-state index contributed by atoms with van der Waals surface area (Å²) >= 11 is 0. The Morgan fingerprint density at radius 3 is 2.17 bits per heavy atom. The van der Waals surface area contributed by atoms with Crippen molar-refractivity contribution < 1.29 is 4.79 Å². The molecule has 3 rings (SSSR count). The van der Waals surface area contributed by atoms with Gasteiger partial charge in [-0.1, -0.05) is 62.4 Å². The van der Waals surface area contributed by atoms with Crippen molar-refractivity contribution in [2.75, 3.05) is 5.32 Å². The third-order valence-corrected chi connectivity index (χ3v) is 4.90. The zero-order valence-electron chi connectivity index (χ0n) is 16.7. The van der Waals surface area contributed by atoms with E-state index in [2.05, 4.69) is 5.32 Å². The lowest BCUT2D eigenvalue weighted by molar-refractivity contribution is -0.116. The molecule has 29 heavy (non-hydrogen) atoms. The number of amides is 1. The number of hydrogen-bond donors (Lipinski definition) is 1. The molecular formula is C23H25N3O3. The summed E-state index contributed by atoms with van der Waals surface area (Å²) in [7, 11) is 0. The molecule has 0 atom stereocenters. The van der Waals surface area contributed by atoms with Crippen LogP contribution in [0.15, 0.2) is 70.4 Å². The summed E-state index contributed by atoms with van der Waals surface area (Å²) in [5, 5.41) is 2.91. The van der Waals surface area contributed by atoms with E-state index in [1.807, 2.05) is 62.4 Å². The first kappa shape index (κ1) is 20.3. The first-order chi connectivity index (χ1) is 14.0. The number of carbonyl (C=O) groups excluding carboxylic acids is 1. The van der Waals surface area contributed by atoms with Gasteiger partial charge in [0.15, 0.2) is 0 Å². The maximum Gasteiger partial charge on any atom is 0.331 e. The summed E-state index contributed by atoms with van der Waals surface area (Å²) < 4.78 is 2.40. The normalized spacial score (nSPS) is 10.7. The fourth-order valence-electron chi connectivity index (χ4n) is 3.33. The lowest BCUT2D eigenvalue weighted by Crippen LogP contribution is -2.42. The van der Waals surface area contributed by atoms with Crippen LogP contribution in [-0.4, -0.2) is 15.0 Å². The molecule has 0 bridgehead atoms. The van der Waals surface area contributed by atoms with Gasteiger partial charge in [-0.3, -0.25) is 18.7 Å². The second-order valence-corrected chi connectivity index (χ2v) is 6.84. The van der Waals surface area contributed by atoms with E-state index >= 15 is 0 Å². The molecule has 0 saturated carbocycles. The van der Waals surface area contributed by atoms with Crippen molar-refractivity contribution in [1.29, 1.82) is 0 Å². The topological polar surface area (TPSA) is 73.1 Å². The second-order valence-electron chi connectivity index (χ2n) is 6.84. The predicted octanol–water partition coefficient (Wildman–Crippen LogP) is 2.82. The first-order valence-electron chi connectivity index (χ1n) is 9.78. The van der Waals surface area contributed by atoms with Crippen molar-refractivity contribution in [3.05, 3.63) is 98.3 Å². The highest BCUT2D eigenvalue weighted by molar-refractivity contribution is 5.92. The van der Waals surface area contributed by atoms with Crippen LogP contribution in [0.3, 0.4) is 0 Å². The molecule has 6 nitrogen and oxygen atoms in total. The highest BCUT2D eigenvalue weighted by Gasteiger charge is 2.13. The second kappa shape index (κ2) is 9.19. The van der Waals surface area contributed by atoms with Crippen LogP contribution in [0.1, 0.15) is 30.5 Å². The van der Waals surface area contributed by atoms with Crippen molar-refractivity contribution in [2.45, 2.75) is 39.8 Å². The minimum atomic E-state index is -0.504. The van der Waals surface area contributed by atoms with Crippen LogP contribution < -0.4 is 16.6 Å². The molecule has 2 aromatic carbocycles. The van der Waals surface area contributed by atoms with E-state index in [-0.39, 0.29) is 6.54 Å². The standard InChI is InChI=1S/C23H25N3O3/c1-3-18-11-8-12-19(4-2)22(18)24-20(27)16-26-21(28)13-14-25(23(26)29)15-17-9-6-5-7-10-17/h5-14H,3-4,15-16H2,1-2H3,(H,24,27). The molecule has 0 unspecified atom stereocenters. The van der Waals surface area contributed by atoms with Crippen LogP contribution in [0.25, 0.3) is 0 Å². The van der Waals surface area contributed by atoms with Crippen molar-refractivity contribution in [3.63, 3.8) is 0 Å². The van der Waals surface area contributed by atoms with Gasteiger partial charge in [0.25, 0.3) is 5.56 Å². The zero-order valence-corrected chi connectivity index (χ0v) is 16.7. The average molecular weight is 391 g/mol. The molecule has 0 saturated heterocycles. The average Bonchev–Trinajstić information content (AvgIpc) is 2.74. The number of nitrogens with one attached hydrogen (secondary N) is 1. The number of benzene rings is 2. The quantitative estimate of drug-likeness (QED) is 0.673. The third-order valence-electron chi connectivity index (χ3n) is 4.90. The van der Waals surface area contributed by atoms with Crippen LogP contribution in [-0.2, 0) is 30.7 Å². The van der Waals surface area contributed by atoms with E-state index in [9.17, 15) is 14.4 Å². The lowest BCUT2D eigenvalue weighted by atomic mass is 10.0. The molecule has 0 fully saturated rings. The fraction of sp³-hybridized carbons (Fsp3) is 0.261. The number of hydrogen-bond acceptors (Lipinski definition) is 3. The summed E-state index contributed by atoms with van der Waals surface area (Å²) in [6.45, 7) is 4.05. The summed E-state index contributed by atoms with van der Waals surface area (Å²) in [5.41, 5.74) is 2.77. The monoisotopic (exact) mass is 391 g/mol. The van der Waals surface area contributed by atoms with Gasteiger partial charge >= 0.3 is 5.69 Å². The van der Waals surface area contributed by atoms with Crippen LogP contribution in [0, 0.1) is 0 Å². The van der Waals surface area contributed by atoms with E-state index < -0.39 is 17.2 Å². The van der Waals surface area contributed by atoms with Gasteiger partial charge in [0.2, 0.25) is 5.91 Å². The van der Waals surface area contributed by atoms with Gasteiger partial charge in [-0.25, -0.2) is 4.79 Å². The Balaban J connectivity index is 1.85. The van der Waals surface area contributed by atoms with Gasteiger partial charge in [-0.05, 0) is 29.5 Å². The van der Waals surface area contributed by atoms with E-state index in [0.29, 0.717) is 6.54 Å². The number of aryl methyl sites for hydroxylation is 2. The molecule has 6 heteroatoms. The highest BCUT2D eigenvalue weighted by Crippen LogP contribution is 2.22. The van der Waals surface area contributed by atoms with Crippen molar-refractivity contribution in [2.24, 2.45) is 0 Å². The predicted molar refractivity (Wildman–Crippen MR) is 114 cm³/mol. The maximum absolute atomic E-state index is 12.8. The summed E-state index contributed by atoms with van der Waals surface area (Å²) in [6.07, 6.45) is 3.02. The smallest absolute Gasteiger partial charge is 0.324 e. The molecule has 0 aliphatic rings. The van der Waals surface area contributed by atoms with Gasteiger partial charge in [-0.15, -0.1) is 0 Å². The third kappa shape index (κ3) is 4.71. The van der Waals surface area contributed by atoms with Crippen LogP contribution in [0.4, 0.5) is 5.69 Å². The number of nitrogens with zero attached hydrogens (tertiary/aromatic N) is 2. The molecule has 150 valence electrons. The lowest BCUT2D eigenvalue weighted by Gasteiger charge is -2.15. The number of carbonyl (C=O) groups is 1. The Morgan fingerprint density at radius 1 is 0.897 bits per heavy atom. The summed E-state index contributed by atoms with van der Waals surface area (Å²) in [6, 6.07) is 16.7. The van der Waals surface area contributed by atoms with Crippen LogP contribution >= 0.6 is 0 Å². The van der Waals surface area contributed by atoms with E-state index in [4.69, 9.17) is 0 Å². The largest absolute Gasteiger partial charge is 0.331 e.